The zero-order valence-corrected chi connectivity index (χ0v) is 8.28. The number of thiol groups is 1. The molecule has 1 N–H and O–H groups in total. The predicted octanol–water partition coefficient (Wildman–Crippen LogP) is 0.895. The Morgan fingerprint density at radius 2 is 2.08 bits per heavy atom. The molecule has 0 fully saturated rings. The van der Waals surface area contributed by atoms with Crippen LogP contribution in [0.4, 0.5) is 5.69 Å². The minimum Gasteiger partial charge on any atom is -0.218 e. The topological polar surface area (TPSA) is 18.3 Å². The van der Waals surface area contributed by atoms with Crippen LogP contribution in [0.5, 0.6) is 0 Å². The molecule has 0 saturated heterocycles. The Morgan fingerprint density at radius 1 is 1.38 bits per heavy atom. The molecule has 0 radical (unpaired) electrons. The van der Waals surface area contributed by atoms with Crippen LogP contribution in [-0.4, -0.2) is 23.3 Å². The highest BCUT2D eigenvalue weighted by Gasteiger charge is 2.25. The van der Waals surface area contributed by atoms with Gasteiger partial charge in [0, 0.05) is 0 Å². The average Bonchev–Trinajstić information content (AvgIpc) is 2.47. The summed E-state index contributed by atoms with van der Waals surface area (Å²) in [5.74, 6) is 0. The van der Waals surface area contributed by atoms with Gasteiger partial charge in [0.15, 0.2) is 12.4 Å². The van der Waals surface area contributed by atoms with E-state index in [4.69, 9.17) is 0 Å². The van der Waals surface area contributed by atoms with E-state index in [0.29, 0.717) is 0 Å². The summed E-state index contributed by atoms with van der Waals surface area (Å²) in [4.78, 5) is 0. The molecule has 0 saturated carbocycles. The first-order valence-corrected chi connectivity index (χ1v) is 4.65. The standard InChI is InChI=1S/C9H11N3S/c1-11-7-9(13)12(10-11)8-5-3-2-4-6-8/h2-7,9-10H,1H3/p+1. The van der Waals surface area contributed by atoms with Crippen molar-refractivity contribution in [3.05, 3.63) is 30.3 Å². The average molecular weight is 194 g/mol. The van der Waals surface area contributed by atoms with Crippen molar-refractivity contribution in [1.82, 2.24) is 5.53 Å². The van der Waals surface area contributed by atoms with Gasteiger partial charge in [-0.2, -0.15) is 0 Å². The molecule has 1 aromatic carbocycles. The van der Waals surface area contributed by atoms with E-state index in [0.717, 1.165) is 5.69 Å². The van der Waals surface area contributed by atoms with Gasteiger partial charge in [0.1, 0.15) is 0 Å². The molecule has 1 aliphatic heterocycles. The van der Waals surface area contributed by atoms with Crippen LogP contribution >= 0.6 is 12.6 Å². The lowest BCUT2D eigenvalue weighted by atomic mass is 10.3. The number of anilines is 1. The Kier molecular flexibility index (Phi) is 2.14. The summed E-state index contributed by atoms with van der Waals surface area (Å²) < 4.78 is 1.89. The molecule has 1 heterocycles. The molecule has 13 heavy (non-hydrogen) atoms. The molecule has 1 unspecified atom stereocenters. The molecule has 1 aromatic rings. The van der Waals surface area contributed by atoms with Crippen molar-refractivity contribution < 1.29 is 4.68 Å². The molecule has 0 amide bonds. The highest BCUT2D eigenvalue weighted by molar-refractivity contribution is 7.81. The summed E-state index contributed by atoms with van der Waals surface area (Å²) in [6.07, 6.45) is 2.00. The highest BCUT2D eigenvalue weighted by atomic mass is 32.1. The van der Waals surface area contributed by atoms with Gasteiger partial charge in [0.05, 0.1) is 5.69 Å². The summed E-state index contributed by atoms with van der Waals surface area (Å²) in [6.45, 7) is 0. The van der Waals surface area contributed by atoms with E-state index in [-0.39, 0.29) is 5.37 Å². The second-order valence-corrected chi connectivity index (χ2v) is 3.51. The number of nitrogens with zero attached hydrogens (tertiary/aromatic N) is 2. The van der Waals surface area contributed by atoms with Gasteiger partial charge < -0.3 is 0 Å². The smallest absolute Gasteiger partial charge is 0.206 e. The van der Waals surface area contributed by atoms with Crippen molar-refractivity contribution >= 4 is 24.5 Å². The molecule has 0 aromatic heterocycles. The van der Waals surface area contributed by atoms with Crippen LogP contribution in [0.2, 0.25) is 0 Å². The molecule has 4 heteroatoms. The van der Waals surface area contributed by atoms with E-state index >= 15 is 0 Å². The quantitative estimate of drug-likeness (QED) is 0.511. The molecule has 0 bridgehead atoms. The zero-order valence-electron chi connectivity index (χ0n) is 7.38. The van der Waals surface area contributed by atoms with Gasteiger partial charge in [-0.3, -0.25) is 0 Å². The number of nitrogens with one attached hydrogen (secondary N) is 1. The molecule has 1 atom stereocenters. The third-order valence-corrected chi connectivity index (χ3v) is 2.29. The number of hydrazone groups is 1. The maximum atomic E-state index is 4.42. The van der Waals surface area contributed by atoms with Crippen molar-refractivity contribution in [3.63, 3.8) is 0 Å². The molecule has 2 rings (SSSR count). The summed E-state index contributed by atoms with van der Waals surface area (Å²) in [7, 11) is 1.95. The predicted molar refractivity (Wildman–Crippen MR) is 57.1 cm³/mol. The van der Waals surface area contributed by atoms with Gasteiger partial charge in [0.25, 0.3) is 0 Å². The normalized spacial score (nSPS) is 21.2. The summed E-state index contributed by atoms with van der Waals surface area (Å²) in [5, 5.41) is 2.08. The molecular weight excluding hydrogens is 182 g/mol. The summed E-state index contributed by atoms with van der Waals surface area (Å²) >= 11 is 4.42. The Morgan fingerprint density at radius 3 is 2.62 bits per heavy atom. The maximum Gasteiger partial charge on any atom is 0.206 e. The number of hydrogen-bond donors (Lipinski definition) is 2. The number of rotatable bonds is 1. The molecular formula is C9H12N3S+. The number of hydrazine groups is 2. The lowest BCUT2D eigenvalue weighted by molar-refractivity contribution is -0.548. The van der Waals surface area contributed by atoms with E-state index in [9.17, 15) is 0 Å². The van der Waals surface area contributed by atoms with Crippen molar-refractivity contribution in [2.24, 2.45) is 0 Å². The summed E-state index contributed by atoms with van der Waals surface area (Å²) in [6, 6.07) is 10.1. The largest absolute Gasteiger partial charge is 0.218 e. The van der Waals surface area contributed by atoms with Crippen LogP contribution in [-0.2, 0) is 0 Å². The Balaban J connectivity index is 2.21. The Hall–Kier alpha value is -1.16. The van der Waals surface area contributed by atoms with Crippen LogP contribution in [0.3, 0.4) is 0 Å². The van der Waals surface area contributed by atoms with E-state index in [1.807, 2.05) is 53.3 Å². The highest BCUT2D eigenvalue weighted by Crippen LogP contribution is 2.16. The number of para-hydroxylation sites is 1. The van der Waals surface area contributed by atoms with Crippen molar-refractivity contribution in [3.8, 4) is 0 Å². The van der Waals surface area contributed by atoms with E-state index in [2.05, 4.69) is 18.2 Å². The van der Waals surface area contributed by atoms with Gasteiger partial charge in [0.2, 0.25) is 6.21 Å². The first-order valence-electron chi connectivity index (χ1n) is 4.14. The van der Waals surface area contributed by atoms with Crippen LogP contribution in [0.1, 0.15) is 0 Å². The van der Waals surface area contributed by atoms with E-state index in [1.54, 1.807) is 0 Å². The second-order valence-electron chi connectivity index (χ2n) is 2.98. The Labute approximate surface area is 83.0 Å². The van der Waals surface area contributed by atoms with Crippen molar-refractivity contribution in [2.75, 3.05) is 12.1 Å². The summed E-state index contributed by atoms with van der Waals surface area (Å²) in [5.41, 5.74) is 4.27. The minimum absolute atomic E-state index is 0.0902. The maximum absolute atomic E-state index is 4.42. The van der Waals surface area contributed by atoms with Crippen LogP contribution in [0.25, 0.3) is 0 Å². The van der Waals surface area contributed by atoms with Gasteiger partial charge in [-0.15, -0.1) is 17.3 Å². The fraction of sp³-hybridized carbons (Fsp3) is 0.222. The number of hydrogen-bond acceptors (Lipinski definition) is 3. The molecule has 0 aliphatic carbocycles. The van der Waals surface area contributed by atoms with Gasteiger partial charge in [-0.1, -0.05) is 23.7 Å². The van der Waals surface area contributed by atoms with Crippen LogP contribution < -0.4 is 10.5 Å². The SMILES string of the molecule is C[N+]1=CC(S)N(c2ccccc2)N1. The monoisotopic (exact) mass is 194 g/mol. The van der Waals surface area contributed by atoms with E-state index < -0.39 is 0 Å². The second kappa shape index (κ2) is 3.30. The third-order valence-electron chi connectivity index (χ3n) is 1.92. The van der Waals surface area contributed by atoms with Gasteiger partial charge in [-0.25, -0.2) is 5.01 Å². The lowest BCUT2D eigenvalue weighted by Crippen LogP contribution is -2.39. The van der Waals surface area contributed by atoms with E-state index in [1.165, 1.54) is 0 Å². The van der Waals surface area contributed by atoms with Gasteiger partial charge >= 0.3 is 0 Å². The number of benzene rings is 1. The van der Waals surface area contributed by atoms with Crippen molar-refractivity contribution in [2.45, 2.75) is 5.37 Å². The zero-order chi connectivity index (χ0) is 9.26. The molecule has 1 aliphatic rings. The molecule has 68 valence electrons. The van der Waals surface area contributed by atoms with Crippen LogP contribution in [0.15, 0.2) is 30.3 Å². The van der Waals surface area contributed by atoms with Crippen LogP contribution in [0, 0.1) is 0 Å². The fourth-order valence-corrected chi connectivity index (χ4v) is 1.71. The molecule has 0 spiro atoms. The molecule has 3 nitrogen and oxygen atoms in total. The first kappa shape index (κ1) is 8.44. The third kappa shape index (κ3) is 1.62. The first-order chi connectivity index (χ1) is 6.27. The Bertz CT molecular complexity index is 323. The fourth-order valence-electron chi connectivity index (χ4n) is 1.33. The lowest BCUT2D eigenvalue weighted by Gasteiger charge is -2.17. The van der Waals surface area contributed by atoms with Crippen molar-refractivity contribution in [1.29, 1.82) is 0 Å². The minimum atomic E-state index is 0.0902. The van der Waals surface area contributed by atoms with Gasteiger partial charge in [-0.05, 0) is 12.1 Å².